The molecule has 2 saturated heterocycles. The van der Waals surface area contributed by atoms with E-state index in [9.17, 15) is 4.39 Å². The van der Waals surface area contributed by atoms with Crippen molar-refractivity contribution in [3.05, 3.63) is 47.9 Å². The highest BCUT2D eigenvalue weighted by Gasteiger charge is 2.49. The van der Waals surface area contributed by atoms with Crippen LogP contribution >= 0.6 is 12.1 Å². The molecule has 1 aromatic heterocycles. The standard InChI is InChI=1S/C23H31FN4OS/c1-17-13-23(15-26(2)30-28(23)20-8-4-7-19(24)12-20)9-10-27(17)14-22-21(25-16-29-22)11-18-5-3-6-18/h4,7-8,12,16-18H,3,5-6,9-11,13-15H2,1-2H3/t17-,23+/m0/s1. The predicted octanol–water partition coefficient (Wildman–Crippen LogP) is 4.89. The van der Waals surface area contributed by atoms with Crippen LogP contribution in [0.3, 0.4) is 0 Å². The second-order valence-electron chi connectivity index (χ2n) is 9.36. The molecule has 0 unspecified atom stereocenters. The monoisotopic (exact) mass is 430 g/mol. The molecule has 1 aliphatic carbocycles. The first kappa shape index (κ1) is 20.3. The lowest BCUT2D eigenvalue weighted by Gasteiger charge is -2.47. The summed E-state index contributed by atoms with van der Waals surface area (Å²) >= 11 is 1.71. The molecule has 2 aromatic rings. The van der Waals surface area contributed by atoms with Crippen molar-refractivity contribution in [2.75, 3.05) is 24.4 Å². The summed E-state index contributed by atoms with van der Waals surface area (Å²) in [5, 5.41) is 0. The maximum absolute atomic E-state index is 13.9. The maximum Gasteiger partial charge on any atom is 0.181 e. The van der Waals surface area contributed by atoms with E-state index in [4.69, 9.17) is 4.42 Å². The topological polar surface area (TPSA) is 35.8 Å². The van der Waals surface area contributed by atoms with E-state index in [2.05, 4.69) is 32.5 Å². The summed E-state index contributed by atoms with van der Waals surface area (Å²) < 4.78 is 24.3. The quantitative estimate of drug-likeness (QED) is 0.628. The molecule has 0 radical (unpaired) electrons. The minimum atomic E-state index is -0.174. The van der Waals surface area contributed by atoms with Crippen LogP contribution < -0.4 is 4.31 Å². The van der Waals surface area contributed by atoms with Crippen molar-refractivity contribution in [2.24, 2.45) is 5.92 Å². The fraction of sp³-hybridized carbons (Fsp3) is 0.609. The normalized spacial score (nSPS) is 28.4. The second kappa shape index (κ2) is 8.17. The van der Waals surface area contributed by atoms with Crippen molar-refractivity contribution in [3.8, 4) is 0 Å². The fourth-order valence-corrected chi connectivity index (χ4v) is 6.50. The van der Waals surface area contributed by atoms with Crippen LogP contribution in [0, 0.1) is 11.7 Å². The van der Waals surface area contributed by atoms with Gasteiger partial charge in [0, 0.05) is 31.3 Å². The molecule has 1 aromatic carbocycles. The number of nitrogens with zero attached hydrogens (tertiary/aromatic N) is 4. The zero-order valence-electron chi connectivity index (χ0n) is 17.9. The first-order chi connectivity index (χ1) is 14.5. The third kappa shape index (κ3) is 3.87. The molecule has 5 rings (SSSR count). The molecular weight excluding hydrogens is 399 g/mol. The van der Waals surface area contributed by atoms with Crippen LogP contribution in [0.25, 0.3) is 0 Å². The summed E-state index contributed by atoms with van der Waals surface area (Å²) in [7, 11) is 2.13. The van der Waals surface area contributed by atoms with Gasteiger partial charge in [0.2, 0.25) is 0 Å². The van der Waals surface area contributed by atoms with E-state index < -0.39 is 0 Å². The lowest BCUT2D eigenvalue weighted by atomic mass is 9.81. The van der Waals surface area contributed by atoms with Crippen molar-refractivity contribution in [2.45, 2.75) is 63.6 Å². The van der Waals surface area contributed by atoms with Gasteiger partial charge in [-0.2, -0.15) is 0 Å². The molecule has 5 nitrogen and oxygen atoms in total. The molecule has 0 bridgehead atoms. The van der Waals surface area contributed by atoms with Crippen LogP contribution in [-0.2, 0) is 13.0 Å². The predicted molar refractivity (Wildman–Crippen MR) is 118 cm³/mol. The van der Waals surface area contributed by atoms with Crippen LogP contribution in [0.4, 0.5) is 10.1 Å². The molecule has 3 fully saturated rings. The Balaban J connectivity index is 1.29. The van der Waals surface area contributed by atoms with Gasteiger partial charge in [0.05, 0.1) is 23.5 Å². The number of piperidine rings is 1. The van der Waals surface area contributed by atoms with Crippen molar-refractivity contribution < 1.29 is 8.81 Å². The summed E-state index contributed by atoms with van der Waals surface area (Å²) in [5.74, 6) is 1.67. The van der Waals surface area contributed by atoms with Crippen molar-refractivity contribution in [3.63, 3.8) is 0 Å². The van der Waals surface area contributed by atoms with Gasteiger partial charge in [-0.05, 0) is 57.4 Å². The lowest BCUT2D eigenvalue weighted by molar-refractivity contribution is 0.0931. The zero-order chi connectivity index (χ0) is 20.7. The Morgan fingerprint density at radius 3 is 2.93 bits per heavy atom. The first-order valence-corrected chi connectivity index (χ1v) is 11.9. The fourth-order valence-electron chi connectivity index (χ4n) is 5.32. The van der Waals surface area contributed by atoms with Crippen molar-refractivity contribution >= 4 is 17.8 Å². The number of benzene rings is 1. The first-order valence-electron chi connectivity index (χ1n) is 11.1. The molecule has 3 heterocycles. The minimum Gasteiger partial charge on any atom is -0.447 e. The number of hydrogen-bond acceptors (Lipinski definition) is 6. The largest absolute Gasteiger partial charge is 0.447 e. The number of oxazole rings is 1. The molecule has 0 amide bonds. The molecule has 1 spiro atoms. The maximum atomic E-state index is 13.9. The number of likely N-dealkylation sites (N-methyl/N-ethyl adjacent to an activating group) is 1. The van der Waals surface area contributed by atoms with Gasteiger partial charge >= 0.3 is 0 Å². The van der Waals surface area contributed by atoms with E-state index in [1.807, 2.05) is 12.1 Å². The molecule has 2 aliphatic heterocycles. The van der Waals surface area contributed by atoms with E-state index in [0.29, 0.717) is 6.04 Å². The molecule has 0 N–H and O–H groups in total. The molecule has 3 aliphatic rings. The minimum absolute atomic E-state index is 0.0271. The van der Waals surface area contributed by atoms with Crippen molar-refractivity contribution in [1.29, 1.82) is 0 Å². The van der Waals surface area contributed by atoms with Crippen LogP contribution in [0.2, 0.25) is 0 Å². The van der Waals surface area contributed by atoms with E-state index >= 15 is 0 Å². The number of hydrogen-bond donors (Lipinski definition) is 0. The van der Waals surface area contributed by atoms with Gasteiger partial charge in [0.25, 0.3) is 0 Å². The average Bonchev–Trinajstić information content (AvgIpc) is 3.24. The van der Waals surface area contributed by atoms with E-state index in [1.54, 1.807) is 24.6 Å². The third-order valence-corrected chi connectivity index (χ3v) is 8.32. The van der Waals surface area contributed by atoms with Crippen molar-refractivity contribution in [1.82, 2.24) is 14.2 Å². The SMILES string of the molecule is C[C@H]1C[C@]2(CCN1Cc1ocnc1CC1CCC1)CN(C)SN2c1cccc(F)c1. The van der Waals surface area contributed by atoms with Gasteiger partial charge in [-0.25, -0.2) is 13.7 Å². The highest BCUT2D eigenvalue weighted by atomic mass is 32.2. The van der Waals surface area contributed by atoms with E-state index in [0.717, 1.165) is 62.0 Å². The second-order valence-corrected chi connectivity index (χ2v) is 10.5. The Morgan fingerprint density at radius 2 is 2.20 bits per heavy atom. The van der Waals surface area contributed by atoms with Crippen LogP contribution in [0.5, 0.6) is 0 Å². The van der Waals surface area contributed by atoms with Gasteiger partial charge in [0.1, 0.15) is 11.6 Å². The Hall–Kier alpha value is -1.57. The molecule has 2 atom stereocenters. The van der Waals surface area contributed by atoms with Crippen LogP contribution in [0.1, 0.15) is 50.5 Å². The average molecular weight is 431 g/mol. The molecule has 1 saturated carbocycles. The van der Waals surface area contributed by atoms with Gasteiger partial charge in [-0.15, -0.1) is 0 Å². The number of anilines is 1. The van der Waals surface area contributed by atoms with Gasteiger partial charge in [0.15, 0.2) is 6.39 Å². The Kier molecular flexibility index (Phi) is 5.54. The molecular formula is C23H31FN4OS. The summed E-state index contributed by atoms with van der Waals surface area (Å²) in [5.41, 5.74) is 2.15. The number of likely N-dealkylation sites (tertiary alicyclic amines) is 1. The van der Waals surface area contributed by atoms with Crippen LogP contribution in [-0.4, -0.2) is 45.9 Å². The summed E-state index contributed by atoms with van der Waals surface area (Å²) in [6, 6.07) is 7.43. The number of rotatable bonds is 5. The Labute approximate surface area is 182 Å². The third-order valence-electron chi connectivity index (χ3n) is 7.15. The lowest BCUT2D eigenvalue weighted by Crippen LogP contribution is -2.56. The molecule has 30 heavy (non-hydrogen) atoms. The Morgan fingerprint density at radius 1 is 1.33 bits per heavy atom. The highest BCUT2D eigenvalue weighted by molar-refractivity contribution is 7.98. The smallest absolute Gasteiger partial charge is 0.181 e. The van der Waals surface area contributed by atoms with E-state index in [1.165, 1.54) is 25.3 Å². The highest BCUT2D eigenvalue weighted by Crippen LogP contribution is 2.47. The van der Waals surface area contributed by atoms with E-state index in [-0.39, 0.29) is 11.4 Å². The van der Waals surface area contributed by atoms with Gasteiger partial charge in [-0.3, -0.25) is 9.21 Å². The van der Waals surface area contributed by atoms with Crippen LogP contribution in [0.15, 0.2) is 35.1 Å². The Bertz CT molecular complexity index is 888. The summed E-state index contributed by atoms with van der Waals surface area (Å²) in [6.45, 7) is 5.14. The molecule has 7 heteroatoms. The summed E-state index contributed by atoms with van der Waals surface area (Å²) in [6.07, 6.45) is 8.80. The van der Waals surface area contributed by atoms with Gasteiger partial charge in [-0.1, -0.05) is 25.3 Å². The zero-order valence-corrected chi connectivity index (χ0v) is 18.7. The number of aromatic nitrogens is 1. The summed E-state index contributed by atoms with van der Waals surface area (Å²) in [4.78, 5) is 7.05. The number of halogens is 1. The van der Waals surface area contributed by atoms with Gasteiger partial charge < -0.3 is 4.42 Å². The molecule has 162 valence electrons.